The van der Waals surface area contributed by atoms with Crippen LogP contribution in [0.1, 0.15) is 30.9 Å². The molecule has 0 aromatic heterocycles. The Labute approximate surface area is 110 Å². The van der Waals surface area contributed by atoms with Crippen LogP contribution in [0.4, 0.5) is 0 Å². The first-order valence-corrected chi connectivity index (χ1v) is 6.92. The molecule has 3 heteroatoms. The van der Waals surface area contributed by atoms with Gasteiger partial charge in [0, 0.05) is 19.1 Å². The number of aliphatic hydroxyl groups excluding tert-OH is 1. The van der Waals surface area contributed by atoms with Crippen molar-refractivity contribution in [2.75, 3.05) is 19.6 Å². The summed E-state index contributed by atoms with van der Waals surface area (Å²) < 4.78 is 0. The number of aliphatic hydroxyl groups is 1. The van der Waals surface area contributed by atoms with Crippen molar-refractivity contribution in [3.05, 3.63) is 35.4 Å². The molecule has 2 rings (SSSR count). The number of rotatable bonds is 6. The molecule has 2 N–H and O–H groups in total. The second-order valence-electron chi connectivity index (χ2n) is 5.26. The van der Waals surface area contributed by atoms with Gasteiger partial charge >= 0.3 is 0 Å². The molecule has 1 saturated heterocycles. The maximum absolute atomic E-state index is 8.98. The summed E-state index contributed by atoms with van der Waals surface area (Å²) in [7, 11) is 0. The summed E-state index contributed by atoms with van der Waals surface area (Å²) in [6.07, 6.45) is 2.71. The molecular formula is C15H24N2O. The monoisotopic (exact) mass is 248 g/mol. The van der Waals surface area contributed by atoms with Crippen LogP contribution in [0.15, 0.2) is 24.3 Å². The zero-order chi connectivity index (χ0) is 12.8. The van der Waals surface area contributed by atoms with Crippen LogP contribution in [0, 0.1) is 0 Å². The number of benzene rings is 1. The Hall–Kier alpha value is -0.900. The number of likely N-dealkylation sites (tertiary alicyclic amines) is 1. The third-order valence-corrected chi connectivity index (χ3v) is 3.59. The normalized spacial score (nSPS) is 18.1. The van der Waals surface area contributed by atoms with Crippen LogP contribution in [0.3, 0.4) is 0 Å². The first kappa shape index (κ1) is 13.5. The molecule has 1 atom stereocenters. The molecule has 0 bridgehead atoms. The summed E-state index contributed by atoms with van der Waals surface area (Å²) in [5, 5.41) is 12.5. The number of hydrogen-bond donors (Lipinski definition) is 2. The number of hydrogen-bond acceptors (Lipinski definition) is 3. The molecule has 1 aliphatic rings. The molecule has 1 fully saturated rings. The number of nitrogens with zero attached hydrogens (tertiary/aromatic N) is 1. The maximum atomic E-state index is 8.98. The van der Waals surface area contributed by atoms with Gasteiger partial charge in [-0.2, -0.15) is 0 Å². The van der Waals surface area contributed by atoms with Crippen molar-refractivity contribution in [3.8, 4) is 0 Å². The molecular weight excluding hydrogens is 224 g/mol. The molecule has 3 nitrogen and oxygen atoms in total. The van der Waals surface area contributed by atoms with Crippen LogP contribution < -0.4 is 5.32 Å². The lowest BCUT2D eigenvalue weighted by Crippen LogP contribution is -2.37. The fourth-order valence-electron chi connectivity index (χ4n) is 2.47. The minimum Gasteiger partial charge on any atom is -0.392 e. The van der Waals surface area contributed by atoms with Gasteiger partial charge in [-0.25, -0.2) is 0 Å². The highest BCUT2D eigenvalue weighted by atomic mass is 16.3. The highest BCUT2D eigenvalue weighted by molar-refractivity contribution is 5.21. The lowest BCUT2D eigenvalue weighted by Gasteiger charge is -2.21. The van der Waals surface area contributed by atoms with E-state index in [-0.39, 0.29) is 6.61 Å². The van der Waals surface area contributed by atoms with E-state index in [4.69, 9.17) is 5.11 Å². The Bertz CT molecular complexity index is 344. The summed E-state index contributed by atoms with van der Waals surface area (Å²) in [4.78, 5) is 2.53. The van der Waals surface area contributed by atoms with Gasteiger partial charge in [-0.1, -0.05) is 24.3 Å². The molecule has 0 aliphatic carbocycles. The van der Waals surface area contributed by atoms with Crippen LogP contribution in [0.25, 0.3) is 0 Å². The molecule has 1 unspecified atom stereocenters. The van der Waals surface area contributed by atoms with E-state index < -0.39 is 0 Å². The summed E-state index contributed by atoms with van der Waals surface area (Å²) in [6.45, 7) is 6.95. The topological polar surface area (TPSA) is 35.5 Å². The third kappa shape index (κ3) is 4.09. The summed E-state index contributed by atoms with van der Waals surface area (Å²) in [6, 6.07) is 8.67. The molecule has 100 valence electrons. The average molecular weight is 248 g/mol. The Balaban J connectivity index is 1.72. The van der Waals surface area contributed by atoms with Gasteiger partial charge in [0.2, 0.25) is 0 Å². The van der Waals surface area contributed by atoms with Crippen LogP contribution in [-0.4, -0.2) is 35.7 Å². The summed E-state index contributed by atoms with van der Waals surface area (Å²) in [5.41, 5.74) is 2.25. The van der Waals surface area contributed by atoms with E-state index in [1.807, 2.05) is 12.1 Å². The van der Waals surface area contributed by atoms with Crippen molar-refractivity contribution in [1.29, 1.82) is 0 Å². The molecule has 0 amide bonds. The average Bonchev–Trinajstić information content (AvgIpc) is 2.90. The minimum absolute atomic E-state index is 0.124. The van der Waals surface area contributed by atoms with Gasteiger partial charge in [-0.15, -0.1) is 0 Å². The maximum Gasteiger partial charge on any atom is 0.0681 e. The smallest absolute Gasteiger partial charge is 0.0681 e. The zero-order valence-electron chi connectivity index (χ0n) is 11.2. The predicted octanol–water partition coefficient (Wildman–Crippen LogP) is 1.75. The predicted molar refractivity (Wildman–Crippen MR) is 74.3 cm³/mol. The van der Waals surface area contributed by atoms with Crippen LogP contribution in [0.5, 0.6) is 0 Å². The van der Waals surface area contributed by atoms with Crippen molar-refractivity contribution in [2.24, 2.45) is 0 Å². The van der Waals surface area contributed by atoms with E-state index in [0.717, 1.165) is 18.7 Å². The zero-order valence-corrected chi connectivity index (χ0v) is 11.2. The Morgan fingerprint density at radius 1 is 1.17 bits per heavy atom. The molecule has 1 heterocycles. The van der Waals surface area contributed by atoms with Gasteiger partial charge in [-0.3, -0.25) is 0 Å². The SMILES string of the molecule is CC(CN1CCCC1)NCc1ccc(CO)cc1. The van der Waals surface area contributed by atoms with Gasteiger partial charge in [0.25, 0.3) is 0 Å². The van der Waals surface area contributed by atoms with E-state index >= 15 is 0 Å². The Morgan fingerprint density at radius 3 is 2.39 bits per heavy atom. The van der Waals surface area contributed by atoms with Crippen molar-refractivity contribution >= 4 is 0 Å². The second-order valence-corrected chi connectivity index (χ2v) is 5.26. The molecule has 1 aromatic carbocycles. The molecule has 0 spiro atoms. The van der Waals surface area contributed by atoms with Crippen LogP contribution in [0.2, 0.25) is 0 Å². The van der Waals surface area contributed by atoms with Gasteiger partial charge in [0.05, 0.1) is 6.61 Å². The van der Waals surface area contributed by atoms with Gasteiger partial charge in [0.1, 0.15) is 0 Å². The summed E-state index contributed by atoms with van der Waals surface area (Å²) >= 11 is 0. The molecule has 1 aliphatic heterocycles. The van der Waals surface area contributed by atoms with Gasteiger partial charge < -0.3 is 15.3 Å². The first-order valence-electron chi connectivity index (χ1n) is 6.92. The lowest BCUT2D eigenvalue weighted by atomic mass is 10.1. The highest BCUT2D eigenvalue weighted by Crippen LogP contribution is 2.08. The van der Waals surface area contributed by atoms with Crippen LogP contribution >= 0.6 is 0 Å². The molecule has 1 aromatic rings. The van der Waals surface area contributed by atoms with E-state index in [2.05, 4.69) is 29.3 Å². The van der Waals surface area contributed by atoms with Crippen LogP contribution in [-0.2, 0) is 13.2 Å². The number of nitrogens with one attached hydrogen (secondary N) is 1. The third-order valence-electron chi connectivity index (χ3n) is 3.59. The van der Waals surface area contributed by atoms with E-state index in [0.29, 0.717) is 6.04 Å². The molecule has 18 heavy (non-hydrogen) atoms. The fourth-order valence-corrected chi connectivity index (χ4v) is 2.47. The molecule has 0 saturated carbocycles. The van der Waals surface area contributed by atoms with Crippen molar-refractivity contribution in [1.82, 2.24) is 10.2 Å². The van der Waals surface area contributed by atoms with Gasteiger partial charge in [0.15, 0.2) is 0 Å². The van der Waals surface area contributed by atoms with E-state index in [1.54, 1.807) is 0 Å². The Kier molecular flexibility index (Phi) is 5.17. The highest BCUT2D eigenvalue weighted by Gasteiger charge is 2.13. The van der Waals surface area contributed by atoms with E-state index in [9.17, 15) is 0 Å². The second kappa shape index (κ2) is 6.88. The van der Waals surface area contributed by atoms with Crippen molar-refractivity contribution < 1.29 is 5.11 Å². The van der Waals surface area contributed by atoms with Crippen molar-refractivity contribution in [2.45, 2.75) is 39.0 Å². The minimum atomic E-state index is 0.124. The lowest BCUT2D eigenvalue weighted by molar-refractivity contribution is 0.282. The first-order chi connectivity index (χ1) is 8.78. The summed E-state index contributed by atoms with van der Waals surface area (Å²) in [5.74, 6) is 0. The largest absolute Gasteiger partial charge is 0.392 e. The quantitative estimate of drug-likeness (QED) is 0.805. The standard InChI is InChI=1S/C15H24N2O/c1-13(11-17-8-2-3-9-17)16-10-14-4-6-15(12-18)7-5-14/h4-7,13,16,18H,2-3,8-12H2,1H3. The van der Waals surface area contributed by atoms with E-state index in [1.165, 1.54) is 31.5 Å². The van der Waals surface area contributed by atoms with Crippen molar-refractivity contribution in [3.63, 3.8) is 0 Å². The Morgan fingerprint density at radius 2 is 1.78 bits per heavy atom. The fraction of sp³-hybridized carbons (Fsp3) is 0.600. The molecule has 0 radical (unpaired) electrons. The van der Waals surface area contributed by atoms with Gasteiger partial charge in [-0.05, 0) is 44.0 Å².